The highest BCUT2D eigenvalue weighted by atomic mass is 35.7. The van der Waals surface area contributed by atoms with Crippen LogP contribution in [0.25, 0.3) is 0 Å². The molecular formula is C5H14ClNO3P+. The van der Waals surface area contributed by atoms with Crippen LogP contribution in [-0.2, 0) is 4.57 Å². The topological polar surface area (TPSA) is 60.4 Å². The molecule has 1 unspecified atom stereocenters. The van der Waals surface area contributed by atoms with E-state index in [9.17, 15) is 0 Å². The summed E-state index contributed by atoms with van der Waals surface area (Å²) in [5, 5.41) is 8.39. The van der Waals surface area contributed by atoms with Crippen LogP contribution in [0.15, 0.2) is 0 Å². The van der Waals surface area contributed by atoms with Crippen LogP contribution < -0.4 is 4.89 Å². The molecular weight excluding hydrogens is 188 g/mol. The van der Waals surface area contributed by atoms with Gasteiger partial charge in [-0.15, -0.1) is 0 Å². The fraction of sp³-hybridized carbons (Fsp3) is 1.00. The van der Waals surface area contributed by atoms with Crippen molar-refractivity contribution in [2.45, 2.75) is 0 Å². The number of rotatable bonds is 2. The van der Waals surface area contributed by atoms with E-state index in [1.807, 2.05) is 0 Å². The van der Waals surface area contributed by atoms with Crippen LogP contribution in [0.2, 0.25) is 0 Å². The van der Waals surface area contributed by atoms with E-state index in [2.05, 4.69) is 32.4 Å². The van der Waals surface area contributed by atoms with E-state index < -0.39 is 7.38 Å². The Morgan fingerprint density at radius 2 is 1.82 bits per heavy atom. The van der Waals surface area contributed by atoms with Gasteiger partial charge in [0.2, 0.25) is 11.2 Å². The third-order valence-corrected chi connectivity index (χ3v) is 0.771. The van der Waals surface area contributed by atoms with E-state index in [-0.39, 0.29) is 6.61 Å². The van der Waals surface area contributed by atoms with Crippen LogP contribution in [-0.4, -0.2) is 43.9 Å². The Morgan fingerprint density at radius 1 is 1.55 bits per heavy atom. The van der Waals surface area contributed by atoms with E-state index in [1.165, 1.54) is 0 Å². The molecule has 0 aromatic heterocycles. The maximum Gasteiger partial charge on any atom is 0.430 e. The average Bonchev–Trinajstić information content (AvgIpc) is 1.58. The third kappa shape index (κ3) is 38.5. The number of nitrogens with zero attached hydrogens (tertiary/aromatic N) is 1. The van der Waals surface area contributed by atoms with E-state index >= 15 is 0 Å². The highest BCUT2D eigenvalue weighted by molar-refractivity contribution is 7.67. The van der Waals surface area contributed by atoms with Crippen LogP contribution in [0.1, 0.15) is 0 Å². The lowest BCUT2D eigenvalue weighted by molar-refractivity contribution is -0.870. The van der Waals surface area contributed by atoms with Gasteiger partial charge in [-0.3, -0.25) is 0 Å². The normalized spacial score (nSPS) is 11.6. The van der Waals surface area contributed by atoms with Crippen molar-refractivity contribution in [3.05, 3.63) is 0 Å². The Morgan fingerprint density at radius 3 is 1.82 bits per heavy atom. The minimum atomic E-state index is -2.65. The summed E-state index contributed by atoms with van der Waals surface area (Å²) in [7, 11) is 3.51. The first-order chi connectivity index (χ1) is 4.79. The molecule has 4 nitrogen and oxygen atoms in total. The number of hydrogen-bond donors (Lipinski definition) is 1. The van der Waals surface area contributed by atoms with Gasteiger partial charge < -0.3 is 14.5 Å². The summed E-state index contributed by atoms with van der Waals surface area (Å²) in [6.07, 6.45) is 0. The molecule has 0 aliphatic carbocycles. The van der Waals surface area contributed by atoms with Crippen molar-refractivity contribution in [2.75, 3.05) is 34.3 Å². The molecule has 11 heavy (non-hydrogen) atoms. The summed E-state index contributed by atoms with van der Waals surface area (Å²) in [6.45, 7) is 1.11. The second-order valence-electron chi connectivity index (χ2n) is 2.95. The summed E-state index contributed by atoms with van der Waals surface area (Å²) in [6, 6.07) is 0. The predicted octanol–water partition coefficient (Wildman–Crippen LogP) is -0.0722. The summed E-state index contributed by atoms with van der Waals surface area (Å²) < 4.78 is 9.65. The largest absolute Gasteiger partial charge is 0.579 e. The van der Waals surface area contributed by atoms with Crippen molar-refractivity contribution in [1.29, 1.82) is 0 Å². The van der Waals surface area contributed by atoms with Crippen molar-refractivity contribution in [3.63, 3.8) is 0 Å². The minimum Gasteiger partial charge on any atom is -0.579 e. The van der Waals surface area contributed by atoms with Crippen molar-refractivity contribution < 1.29 is 19.0 Å². The molecule has 0 radical (unpaired) electrons. The molecule has 0 heterocycles. The van der Waals surface area contributed by atoms with Gasteiger partial charge in [-0.05, 0) is 0 Å². The molecule has 0 aromatic carbocycles. The SMILES string of the molecule is C[N+](C)(C)CCO.O=[P+]([O-])Cl. The van der Waals surface area contributed by atoms with Gasteiger partial charge in [0.25, 0.3) is 0 Å². The first-order valence-electron chi connectivity index (χ1n) is 3.01. The Balaban J connectivity index is 0. The van der Waals surface area contributed by atoms with Gasteiger partial charge in [0.05, 0.1) is 27.7 Å². The standard InChI is InChI=1S/C5H14NO.ClO2P/c1-6(2,3)4-5-7;1-4(2)3/h7H,4-5H2,1-3H3;/q+1;. The van der Waals surface area contributed by atoms with Crippen molar-refractivity contribution >= 4 is 18.6 Å². The van der Waals surface area contributed by atoms with E-state index in [1.54, 1.807) is 0 Å². The molecule has 0 spiro atoms. The number of aliphatic hydroxyl groups is 1. The lowest BCUT2D eigenvalue weighted by Crippen LogP contribution is -2.36. The molecule has 68 valence electrons. The van der Waals surface area contributed by atoms with Gasteiger partial charge in [0, 0.05) is 0 Å². The van der Waals surface area contributed by atoms with Gasteiger partial charge in [-0.1, -0.05) is 4.57 Å². The van der Waals surface area contributed by atoms with Crippen molar-refractivity contribution in [1.82, 2.24) is 0 Å². The van der Waals surface area contributed by atoms with Gasteiger partial charge in [-0.2, -0.15) is 0 Å². The number of aliphatic hydroxyl groups excluding tert-OH is 1. The fourth-order valence-electron chi connectivity index (χ4n) is 0.300. The first-order valence-corrected chi connectivity index (χ1v) is 5.09. The zero-order valence-electron chi connectivity index (χ0n) is 6.95. The summed E-state index contributed by atoms with van der Waals surface area (Å²) in [5.41, 5.74) is 0. The second-order valence-corrected chi connectivity index (χ2v) is 4.20. The first kappa shape index (κ1) is 13.8. The van der Waals surface area contributed by atoms with E-state index in [0.29, 0.717) is 0 Å². The summed E-state index contributed by atoms with van der Waals surface area (Å²) in [4.78, 5) is 8.80. The monoisotopic (exact) mass is 202 g/mol. The van der Waals surface area contributed by atoms with Crippen LogP contribution in [0.4, 0.5) is 0 Å². The number of halogens is 1. The molecule has 0 saturated heterocycles. The number of quaternary nitrogens is 1. The molecule has 0 amide bonds. The van der Waals surface area contributed by atoms with E-state index in [0.717, 1.165) is 11.0 Å². The maximum absolute atomic E-state index is 8.80. The second kappa shape index (κ2) is 6.95. The molecule has 1 N–H and O–H groups in total. The molecule has 0 aliphatic heterocycles. The molecule has 0 aliphatic rings. The lowest BCUT2D eigenvalue weighted by Gasteiger charge is -2.21. The van der Waals surface area contributed by atoms with Crippen molar-refractivity contribution in [2.24, 2.45) is 0 Å². The van der Waals surface area contributed by atoms with Gasteiger partial charge in [-0.25, -0.2) is 0 Å². The van der Waals surface area contributed by atoms with Gasteiger partial charge in [0.15, 0.2) is 0 Å². The highest BCUT2D eigenvalue weighted by Gasteiger charge is 2.02. The molecule has 0 fully saturated rings. The molecule has 0 saturated carbocycles. The Hall–Kier alpha value is 0.270. The summed E-state index contributed by atoms with van der Waals surface area (Å²) >= 11 is 4.23. The van der Waals surface area contributed by atoms with Crippen LogP contribution in [0.3, 0.4) is 0 Å². The average molecular weight is 203 g/mol. The quantitative estimate of drug-likeness (QED) is 0.504. The zero-order chi connectivity index (χ0) is 9.49. The maximum atomic E-state index is 8.80. The van der Waals surface area contributed by atoms with Crippen LogP contribution in [0.5, 0.6) is 0 Å². The summed E-state index contributed by atoms with van der Waals surface area (Å²) in [5.74, 6) is 0. The Kier molecular flexibility index (Phi) is 8.74. The van der Waals surface area contributed by atoms with Gasteiger partial charge in [0.1, 0.15) is 6.54 Å². The zero-order valence-corrected chi connectivity index (χ0v) is 8.60. The minimum absolute atomic E-state index is 0.281. The van der Waals surface area contributed by atoms with Crippen LogP contribution in [0, 0.1) is 0 Å². The van der Waals surface area contributed by atoms with E-state index in [4.69, 9.17) is 14.6 Å². The van der Waals surface area contributed by atoms with Crippen LogP contribution >= 0.6 is 18.6 Å². The Labute approximate surface area is 72.7 Å². The molecule has 0 rings (SSSR count). The predicted molar refractivity (Wildman–Crippen MR) is 43.4 cm³/mol. The fourth-order valence-corrected chi connectivity index (χ4v) is 0.300. The van der Waals surface area contributed by atoms with Gasteiger partial charge >= 0.3 is 7.38 Å². The molecule has 1 atom stereocenters. The Bertz CT molecular complexity index is 111. The molecule has 0 bridgehead atoms. The van der Waals surface area contributed by atoms with Crippen molar-refractivity contribution in [3.8, 4) is 0 Å². The molecule has 6 heteroatoms. The number of likely N-dealkylation sites (N-methyl/N-ethyl adjacent to an activating group) is 1. The lowest BCUT2D eigenvalue weighted by atomic mass is 10.5. The number of hydrogen-bond acceptors (Lipinski definition) is 3. The smallest absolute Gasteiger partial charge is 0.430 e. The highest BCUT2D eigenvalue weighted by Crippen LogP contribution is 2.10. The third-order valence-electron chi connectivity index (χ3n) is 0.771. The molecule has 0 aromatic rings.